The highest BCUT2D eigenvalue weighted by Gasteiger charge is 2.45. The van der Waals surface area contributed by atoms with Crippen molar-refractivity contribution in [2.24, 2.45) is 10.4 Å². The minimum Gasteiger partial charge on any atom is -0.484 e. The average molecular weight is 1030 g/mol. The minimum absolute atomic E-state index is 0.0156. The number of benzene rings is 3. The number of aliphatic hydroxyl groups is 1. The van der Waals surface area contributed by atoms with Gasteiger partial charge in [-0.15, -0.1) is 32.9 Å². The number of β-amino-alcohol motifs (C(OH)–C–C–N with tert-alkyl or cyclic N) is 1. The normalized spacial score (nSPS) is 17.5. The van der Waals surface area contributed by atoms with Crippen molar-refractivity contribution in [2.45, 2.75) is 105 Å². The molecule has 5 heterocycles. The molecular weight excluding hydrogens is 970 g/mol. The van der Waals surface area contributed by atoms with Crippen LogP contribution < -0.4 is 15.4 Å². The number of aliphatic imine (C=N–C) groups is 1. The summed E-state index contributed by atoms with van der Waals surface area (Å²) in [5, 5.41) is 25.8. The number of aliphatic hydroxyl groups excluding tert-OH is 1. The molecule has 0 spiro atoms. The SMILES string of the molecule is COC(=O)C[C@@H]1N=C(c2ccc(-c3ccc(OCC(=O)NC(C(=O)N4C[C@H](O)C[C@H]4C(=O)N[C@@H](C)c4ccc(-c5scnc5C)cc4)C(C)(C)C)cc3C(F)(F)F)cc2)c2c(sc(C)c2C)-n2c(C)nnc21. The summed E-state index contributed by atoms with van der Waals surface area (Å²) in [6, 6.07) is 14.2. The number of esters is 1. The first-order valence-electron chi connectivity index (χ1n) is 23.2. The van der Waals surface area contributed by atoms with Crippen LogP contribution in [0.5, 0.6) is 5.75 Å². The molecule has 72 heavy (non-hydrogen) atoms. The molecule has 2 aliphatic rings. The van der Waals surface area contributed by atoms with Gasteiger partial charge in [0.2, 0.25) is 11.8 Å². The third kappa shape index (κ3) is 10.6. The van der Waals surface area contributed by atoms with Crippen LogP contribution in [0.1, 0.15) is 103 Å². The van der Waals surface area contributed by atoms with Gasteiger partial charge in [0, 0.05) is 29.0 Å². The maximum atomic E-state index is 14.8. The van der Waals surface area contributed by atoms with E-state index in [1.165, 1.54) is 46.8 Å². The maximum Gasteiger partial charge on any atom is 0.417 e. The lowest BCUT2D eigenvalue weighted by Gasteiger charge is -2.35. The van der Waals surface area contributed by atoms with Gasteiger partial charge in [-0.25, -0.2) is 4.98 Å². The second kappa shape index (κ2) is 20.4. The Kier molecular flexibility index (Phi) is 14.6. The topological polar surface area (TPSA) is 190 Å². The molecule has 1 unspecified atom stereocenters. The molecule has 0 saturated carbocycles. The first-order valence-corrected chi connectivity index (χ1v) is 24.9. The zero-order chi connectivity index (χ0) is 52.0. The molecule has 0 bridgehead atoms. The predicted octanol–water partition coefficient (Wildman–Crippen LogP) is 8.58. The lowest BCUT2D eigenvalue weighted by Crippen LogP contribution is -2.58. The number of hydrogen-bond donors (Lipinski definition) is 3. The number of rotatable bonds is 13. The Morgan fingerprint density at radius 1 is 0.917 bits per heavy atom. The van der Waals surface area contributed by atoms with Crippen molar-refractivity contribution in [1.82, 2.24) is 35.3 Å². The van der Waals surface area contributed by atoms with Gasteiger partial charge in [0.05, 0.1) is 53.0 Å². The van der Waals surface area contributed by atoms with Gasteiger partial charge in [-0.3, -0.25) is 28.7 Å². The van der Waals surface area contributed by atoms with Gasteiger partial charge in [0.1, 0.15) is 34.7 Å². The number of alkyl halides is 3. The number of amides is 3. The van der Waals surface area contributed by atoms with Crippen LogP contribution in [0.4, 0.5) is 13.2 Å². The lowest BCUT2D eigenvalue weighted by molar-refractivity contribution is -0.144. The first kappa shape index (κ1) is 51.6. The summed E-state index contributed by atoms with van der Waals surface area (Å²) in [7, 11) is 1.29. The Bertz CT molecular complexity index is 3070. The number of aromatic nitrogens is 4. The molecule has 0 aliphatic carbocycles. The van der Waals surface area contributed by atoms with Gasteiger partial charge in [0.25, 0.3) is 5.91 Å². The summed E-state index contributed by atoms with van der Waals surface area (Å²) < 4.78 is 57.0. The number of nitrogens with one attached hydrogen (secondary N) is 2. The second-order valence-corrected chi connectivity index (χ2v) is 21.2. The van der Waals surface area contributed by atoms with Crippen molar-refractivity contribution in [3.8, 4) is 32.3 Å². The molecule has 0 radical (unpaired) electrons. The quantitative estimate of drug-likeness (QED) is 0.0945. The number of thiophene rings is 1. The largest absolute Gasteiger partial charge is 0.484 e. The van der Waals surface area contributed by atoms with Crippen LogP contribution in [0.2, 0.25) is 0 Å². The lowest BCUT2D eigenvalue weighted by atomic mass is 9.85. The molecule has 378 valence electrons. The van der Waals surface area contributed by atoms with Gasteiger partial charge in [0.15, 0.2) is 12.4 Å². The molecule has 3 N–H and O–H groups in total. The summed E-state index contributed by atoms with van der Waals surface area (Å²) in [6.07, 6.45) is -5.95. The highest BCUT2D eigenvalue weighted by molar-refractivity contribution is 7.15. The maximum absolute atomic E-state index is 14.8. The Labute approximate surface area is 422 Å². The van der Waals surface area contributed by atoms with Crippen LogP contribution in [0.25, 0.3) is 26.6 Å². The van der Waals surface area contributed by atoms with E-state index in [0.29, 0.717) is 22.9 Å². The monoisotopic (exact) mass is 1020 g/mol. The number of nitrogens with zero attached hydrogens (tertiary/aromatic N) is 6. The van der Waals surface area contributed by atoms with Crippen LogP contribution in [-0.2, 0) is 30.1 Å². The summed E-state index contributed by atoms with van der Waals surface area (Å²) in [5.41, 5.74) is 5.64. The molecule has 8 rings (SSSR count). The number of aryl methyl sites for hydroxylation is 3. The van der Waals surface area contributed by atoms with Crippen molar-refractivity contribution in [2.75, 3.05) is 20.3 Å². The van der Waals surface area contributed by atoms with Crippen molar-refractivity contribution in [3.05, 3.63) is 122 Å². The van der Waals surface area contributed by atoms with E-state index in [-0.39, 0.29) is 36.3 Å². The number of methoxy groups -OCH3 is 1. The molecule has 3 amide bonds. The van der Waals surface area contributed by atoms with Crippen LogP contribution >= 0.6 is 22.7 Å². The molecule has 5 atom stereocenters. The van der Waals surface area contributed by atoms with Gasteiger partial charge in [-0.05, 0) is 80.0 Å². The Morgan fingerprint density at radius 2 is 1.60 bits per heavy atom. The van der Waals surface area contributed by atoms with Crippen molar-refractivity contribution < 1.29 is 46.9 Å². The van der Waals surface area contributed by atoms with E-state index >= 15 is 0 Å². The molecule has 1 fully saturated rings. The van der Waals surface area contributed by atoms with Gasteiger partial charge < -0.3 is 30.1 Å². The molecule has 15 nitrogen and oxygen atoms in total. The molecule has 3 aromatic heterocycles. The summed E-state index contributed by atoms with van der Waals surface area (Å²) in [6.45, 7) is 13.8. The molecular formula is C52H55F3N8O7S2. The standard InChI is InChI=1S/C52H55F3N8O7S2/c1-26-29(4)72-50-43(26)44(58-39(22-42(66)69-9)47-61-60-30(5)63(47)50)33-14-12-32(13-15-33)37-19-18-36(21-38(37)52(53,54)55)70-24-41(65)59-46(51(6,7)8)49(68)62-23-35(64)20-40(62)48(67)57-27(2)31-10-16-34(17-11-31)45-28(3)56-25-71-45/h10-19,21,25,27,35,39-40,46,64H,20,22-24H2,1-9H3,(H,57,67)(H,59,65)/t27-,35+,39-,40-,46?/m0/s1. The predicted molar refractivity (Wildman–Crippen MR) is 267 cm³/mol. The smallest absolute Gasteiger partial charge is 0.417 e. The summed E-state index contributed by atoms with van der Waals surface area (Å²) in [5.74, 6) is -1.52. The van der Waals surface area contributed by atoms with Crippen LogP contribution in [0.3, 0.4) is 0 Å². The number of fused-ring (bicyclic) bond motifs is 3. The van der Waals surface area contributed by atoms with Crippen LogP contribution in [-0.4, -0.2) is 97.6 Å². The Balaban J connectivity index is 0.962. The fourth-order valence-corrected chi connectivity index (χ4v) is 11.1. The van der Waals surface area contributed by atoms with Gasteiger partial charge >= 0.3 is 12.1 Å². The third-order valence-electron chi connectivity index (χ3n) is 13.0. The fourth-order valence-electron chi connectivity index (χ4n) is 9.04. The number of thiazole rings is 1. The highest BCUT2D eigenvalue weighted by Crippen LogP contribution is 2.42. The van der Waals surface area contributed by atoms with Gasteiger partial charge in [-0.2, -0.15) is 13.2 Å². The number of carbonyl (C=O) groups excluding carboxylic acids is 4. The zero-order valence-electron chi connectivity index (χ0n) is 41.2. The Hall–Kier alpha value is -6.77. The van der Waals surface area contributed by atoms with Crippen molar-refractivity contribution >= 4 is 52.1 Å². The summed E-state index contributed by atoms with van der Waals surface area (Å²) in [4.78, 5) is 66.8. The molecule has 1 saturated heterocycles. The van der Waals surface area contributed by atoms with Crippen molar-refractivity contribution in [3.63, 3.8) is 0 Å². The second-order valence-electron chi connectivity index (χ2n) is 19.1. The third-order valence-corrected chi connectivity index (χ3v) is 15.2. The first-order chi connectivity index (χ1) is 34.0. The molecule has 20 heteroatoms. The zero-order valence-corrected chi connectivity index (χ0v) is 42.8. The molecule has 6 aromatic rings. The van der Waals surface area contributed by atoms with E-state index in [1.54, 1.807) is 50.5 Å². The van der Waals surface area contributed by atoms with Crippen LogP contribution in [0.15, 0.2) is 77.2 Å². The van der Waals surface area contributed by atoms with E-state index in [2.05, 4.69) is 25.8 Å². The Morgan fingerprint density at radius 3 is 2.24 bits per heavy atom. The highest BCUT2D eigenvalue weighted by atomic mass is 32.1. The number of hydrogen-bond acceptors (Lipinski definition) is 13. The number of ether oxygens (including phenoxy) is 2. The van der Waals surface area contributed by atoms with Gasteiger partial charge in [-0.1, -0.05) is 75.4 Å². The van der Waals surface area contributed by atoms with E-state index in [0.717, 1.165) is 48.8 Å². The van der Waals surface area contributed by atoms with E-state index < -0.39 is 77.7 Å². The van der Waals surface area contributed by atoms with E-state index in [9.17, 15) is 37.5 Å². The summed E-state index contributed by atoms with van der Waals surface area (Å²) >= 11 is 3.06. The molecule has 3 aromatic carbocycles. The molecule has 2 aliphatic heterocycles. The number of likely N-dealkylation sites (tertiary alicyclic amines) is 1. The minimum atomic E-state index is -4.83. The van der Waals surface area contributed by atoms with E-state index in [1.807, 2.05) is 63.5 Å². The number of carbonyl (C=O) groups is 4. The van der Waals surface area contributed by atoms with E-state index in [4.69, 9.17) is 14.5 Å². The van der Waals surface area contributed by atoms with Crippen LogP contribution in [0, 0.1) is 33.1 Å². The fraction of sp³-hybridized carbons (Fsp3) is 0.385. The van der Waals surface area contributed by atoms with Crippen molar-refractivity contribution in [1.29, 1.82) is 0 Å². The average Bonchev–Trinajstić information content (AvgIpc) is 4.11. The number of halogens is 3.